The van der Waals surface area contributed by atoms with Gasteiger partial charge in [0.05, 0.1) is 36.1 Å². The lowest BCUT2D eigenvalue weighted by Gasteiger charge is -2.68. The molecule has 5 aliphatic rings. The van der Waals surface area contributed by atoms with Gasteiger partial charge in [-0.05, 0) is 44.9 Å². The van der Waals surface area contributed by atoms with Gasteiger partial charge in [0.2, 0.25) is 17.7 Å². The van der Waals surface area contributed by atoms with Crippen molar-refractivity contribution in [3.63, 3.8) is 0 Å². The van der Waals surface area contributed by atoms with Crippen LogP contribution in [0.5, 0.6) is 0 Å². The van der Waals surface area contributed by atoms with E-state index in [1.54, 1.807) is 17.2 Å². The molecule has 10 nitrogen and oxygen atoms in total. The van der Waals surface area contributed by atoms with Crippen molar-refractivity contribution in [3.8, 4) is 0 Å². The van der Waals surface area contributed by atoms with Gasteiger partial charge < -0.3 is 14.5 Å². The number of amides is 1. The summed E-state index contributed by atoms with van der Waals surface area (Å²) in [7, 11) is 0. The number of rotatable bonds is 8. The number of nitrogens with zero attached hydrogens (tertiary/aromatic N) is 5. The molecule has 7 rings (SSSR count). The molecule has 2 aromatic heterocycles. The summed E-state index contributed by atoms with van der Waals surface area (Å²) in [6.45, 7) is 0.0201. The molecule has 178 valence electrons. The number of alkyl halides is 3. The van der Waals surface area contributed by atoms with Crippen LogP contribution in [0.2, 0.25) is 0 Å². The normalized spacial score (nSPS) is 36.8. The standard InChI is InChI=1S/C20H23F3N6O4/c21-20(22,23)33-14-3-11(4-14)16-27-28-17(32-16)18-8-19(9-18,10-18)26-15(30)7-31-13-5-12(6-13)29-24-1-2-25-29/h1-2,11-14H,3-10H2,(H,26,30)/t11-,12-,13+,14+,18?,19?. The Morgan fingerprint density at radius 2 is 1.82 bits per heavy atom. The molecular formula is C20H23F3N6O4. The molecule has 33 heavy (non-hydrogen) atoms. The van der Waals surface area contributed by atoms with Gasteiger partial charge in [-0.15, -0.1) is 23.4 Å². The van der Waals surface area contributed by atoms with Crippen molar-refractivity contribution >= 4 is 5.91 Å². The molecule has 0 unspecified atom stereocenters. The quantitative estimate of drug-likeness (QED) is 0.627. The van der Waals surface area contributed by atoms with Gasteiger partial charge in [-0.1, -0.05) is 0 Å². The number of hydrogen-bond acceptors (Lipinski definition) is 8. The van der Waals surface area contributed by atoms with Crippen LogP contribution in [0.1, 0.15) is 68.7 Å². The van der Waals surface area contributed by atoms with E-state index in [4.69, 9.17) is 9.15 Å². The fraction of sp³-hybridized carbons (Fsp3) is 0.750. The molecule has 1 amide bonds. The molecule has 0 aromatic carbocycles. The number of halogens is 3. The molecule has 0 spiro atoms. The minimum atomic E-state index is -4.62. The second kappa shape index (κ2) is 7.23. The first-order valence-corrected chi connectivity index (χ1v) is 11.1. The third-order valence-corrected chi connectivity index (χ3v) is 7.36. The van der Waals surface area contributed by atoms with E-state index in [-0.39, 0.29) is 54.4 Å². The highest BCUT2D eigenvalue weighted by Gasteiger charge is 2.72. The second-order valence-electron chi connectivity index (χ2n) is 9.85. The Hall–Kier alpha value is -2.54. The van der Waals surface area contributed by atoms with Crippen LogP contribution in [0.4, 0.5) is 13.2 Å². The molecule has 13 heteroatoms. The van der Waals surface area contributed by atoms with Crippen molar-refractivity contribution in [1.82, 2.24) is 30.5 Å². The van der Waals surface area contributed by atoms with Crippen LogP contribution >= 0.6 is 0 Å². The van der Waals surface area contributed by atoms with Gasteiger partial charge in [-0.25, -0.2) is 0 Å². The molecule has 0 aliphatic heterocycles. The molecule has 0 atom stereocenters. The first-order valence-electron chi connectivity index (χ1n) is 11.1. The van der Waals surface area contributed by atoms with Crippen LogP contribution in [0.15, 0.2) is 16.8 Å². The Bertz CT molecular complexity index is 1010. The summed E-state index contributed by atoms with van der Waals surface area (Å²) >= 11 is 0. The second-order valence-corrected chi connectivity index (χ2v) is 9.85. The van der Waals surface area contributed by atoms with Gasteiger partial charge in [0.15, 0.2) is 0 Å². The zero-order valence-corrected chi connectivity index (χ0v) is 17.6. The summed E-state index contributed by atoms with van der Waals surface area (Å²) in [5.41, 5.74) is -0.485. The minimum absolute atomic E-state index is 0.0201. The van der Waals surface area contributed by atoms with Crippen molar-refractivity contribution in [2.45, 2.75) is 86.4 Å². The Morgan fingerprint density at radius 1 is 1.12 bits per heavy atom. The molecule has 2 bridgehead atoms. The first-order chi connectivity index (χ1) is 15.7. The highest BCUT2D eigenvalue weighted by atomic mass is 19.4. The van der Waals surface area contributed by atoms with E-state index >= 15 is 0 Å². The number of aromatic nitrogens is 5. The summed E-state index contributed by atoms with van der Waals surface area (Å²) in [5.74, 6) is 0.539. The zero-order chi connectivity index (χ0) is 22.8. The van der Waals surface area contributed by atoms with E-state index in [1.165, 1.54) is 0 Å². The molecule has 0 radical (unpaired) electrons. The summed E-state index contributed by atoms with van der Waals surface area (Å²) in [4.78, 5) is 14.0. The van der Waals surface area contributed by atoms with E-state index in [0.29, 0.717) is 31.0 Å². The highest BCUT2D eigenvalue weighted by Crippen LogP contribution is 2.67. The predicted octanol–water partition coefficient (Wildman–Crippen LogP) is 2.15. The van der Waals surface area contributed by atoms with Crippen LogP contribution in [0.3, 0.4) is 0 Å². The van der Waals surface area contributed by atoms with Gasteiger partial charge in [-0.2, -0.15) is 15.0 Å². The topological polar surface area (TPSA) is 117 Å². The number of carbonyl (C=O) groups is 1. The predicted molar refractivity (Wildman–Crippen MR) is 102 cm³/mol. The molecule has 2 aromatic rings. The summed E-state index contributed by atoms with van der Waals surface area (Å²) in [6.07, 6.45) is 2.01. The van der Waals surface area contributed by atoms with Gasteiger partial charge in [0, 0.05) is 11.5 Å². The maximum absolute atomic E-state index is 12.3. The van der Waals surface area contributed by atoms with Crippen LogP contribution in [-0.4, -0.2) is 61.8 Å². The van der Waals surface area contributed by atoms with Crippen LogP contribution < -0.4 is 5.32 Å². The third-order valence-electron chi connectivity index (χ3n) is 7.36. The Balaban J connectivity index is 0.924. The lowest BCUT2D eigenvalue weighted by Crippen LogP contribution is -2.77. The lowest BCUT2D eigenvalue weighted by atomic mass is 9.39. The van der Waals surface area contributed by atoms with Gasteiger partial charge >= 0.3 is 6.36 Å². The maximum atomic E-state index is 12.3. The number of hydrogen-bond donors (Lipinski definition) is 1. The zero-order valence-electron chi connectivity index (χ0n) is 17.6. The van der Waals surface area contributed by atoms with Crippen molar-refractivity contribution in [3.05, 3.63) is 24.2 Å². The van der Waals surface area contributed by atoms with E-state index in [9.17, 15) is 18.0 Å². The average molecular weight is 468 g/mol. The van der Waals surface area contributed by atoms with Crippen molar-refractivity contribution in [1.29, 1.82) is 0 Å². The fourth-order valence-electron chi connectivity index (χ4n) is 5.62. The Kier molecular flexibility index (Phi) is 4.60. The Labute approximate surface area is 186 Å². The van der Waals surface area contributed by atoms with E-state index in [2.05, 4.69) is 30.4 Å². The van der Waals surface area contributed by atoms with Crippen molar-refractivity contribution in [2.24, 2.45) is 0 Å². The maximum Gasteiger partial charge on any atom is 0.522 e. The minimum Gasteiger partial charge on any atom is -0.424 e. The number of nitrogens with one attached hydrogen (secondary N) is 1. The van der Waals surface area contributed by atoms with Crippen LogP contribution in [0.25, 0.3) is 0 Å². The lowest BCUT2D eigenvalue weighted by molar-refractivity contribution is -0.352. The largest absolute Gasteiger partial charge is 0.522 e. The molecular weight excluding hydrogens is 445 g/mol. The van der Waals surface area contributed by atoms with E-state index in [1.807, 2.05) is 0 Å². The molecule has 0 saturated heterocycles. The van der Waals surface area contributed by atoms with Crippen molar-refractivity contribution in [2.75, 3.05) is 6.61 Å². The third kappa shape index (κ3) is 3.80. The number of carbonyl (C=O) groups excluding carboxylic acids is 1. The molecule has 1 N–H and O–H groups in total. The van der Waals surface area contributed by atoms with Gasteiger partial charge in [0.25, 0.3) is 0 Å². The molecule has 5 fully saturated rings. The SMILES string of the molecule is O=C(CO[C@H]1C[C@@H](n2nccn2)C1)NC12CC(c3nnc([C@H]4C[C@@H](OC(F)(F)F)C4)o3)(C1)C2. The number of ether oxygens (including phenoxy) is 2. The van der Waals surface area contributed by atoms with E-state index < -0.39 is 12.5 Å². The average Bonchev–Trinajstić information content (AvgIpc) is 3.29. The Morgan fingerprint density at radius 3 is 2.48 bits per heavy atom. The smallest absolute Gasteiger partial charge is 0.424 e. The van der Waals surface area contributed by atoms with Gasteiger partial charge in [-0.3, -0.25) is 9.53 Å². The fourth-order valence-corrected chi connectivity index (χ4v) is 5.62. The molecule has 5 aliphatic carbocycles. The van der Waals surface area contributed by atoms with Crippen LogP contribution in [0, 0.1) is 0 Å². The first kappa shape index (κ1) is 21.0. The molecule has 2 heterocycles. The summed E-state index contributed by atoms with van der Waals surface area (Å²) in [6, 6.07) is 0.229. The van der Waals surface area contributed by atoms with E-state index in [0.717, 1.165) is 12.8 Å². The molecule has 5 saturated carbocycles. The highest BCUT2D eigenvalue weighted by molar-refractivity contribution is 5.79. The van der Waals surface area contributed by atoms with Gasteiger partial charge in [0.1, 0.15) is 6.61 Å². The monoisotopic (exact) mass is 468 g/mol. The summed E-state index contributed by atoms with van der Waals surface area (Å²) in [5, 5.41) is 19.5. The van der Waals surface area contributed by atoms with Crippen LogP contribution in [-0.2, 0) is 19.7 Å². The summed E-state index contributed by atoms with van der Waals surface area (Å²) < 4.78 is 52.3. The van der Waals surface area contributed by atoms with Crippen molar-refractivity contribution < 1.29 is 31.9 Å².